The minimum absolute atomic E-state index is 0.162. The smallest absolute Gasteiger partial charge is 0.329 e. The van der Waals surface area contributed by atoms with Crippen molar-refractivity contribution in [1.29, 1.82) is 0 Å². The Morgan fingerprint density at radius 3 is 2.53 bits per heavy atom. The average Bonchev–Trinajstić information content (AvgIpc) is 2.97. The van der Waals surface area contributed by atoms with E-state index in [9.17, 15) is 9.59 Å². The van der Waals surface area contributed by atoms with Crippen molar-refractivity contribution in [2.45, 2.75) is 13.5 Å². The van der Waals surface area contributed by atoms with Crippen LogP contribution in [0, 0.1) is 7.14 Å². The van der Waals surface area contributed by atoms with Crippen LogP contribution in [-0.2, 0) is 11.4 Å². The second kappa shape index (κ2) is 10.3. The van der Waals surface area contributed by atoms with Gasteiger partial charge in [0.1, 0.15) is 12.3 Å². The molecule has 156 valence electrons. The molecule has 1 saturated heterocycles. The molecule has 1 N–H and O–H groups in total. The summed E-state index contributed by atoms with van der Waals surface area (Å²) in [6.07, 6.45) is 3.15. The van der Waals surface area contributed by atoms with E-state index >= 15 is 0 Å². The average molecular weight is 630 g/mol. The summed E-state index contributed by atoms with van der Waals surface area (Å²) in [5.41, 5.74) is 2.00. The Morgan fingerprint density at radius 1 is 1.13 bits per heavy atom. The highest BCUT2D eigenvalue weighted by atomic mass is 127. The third kappa shape index (κ3) is 5.34. The largest absolute Gasteiger partial charge is 0.490 e. The number of hydrogen-bond acceptors (Lipinski definition) is 4. The zero-order chi connectivity index (χ0) is 21.7. The molecule has 1 fully saturated rings. The SMILES string of the molecule is C=CCN1C(=O)N/C(=C/c2cc(I)c(OCc3ccc(I)cc3)c(OCC)c2)C1=O. The molecule has 6 nitrogen and oxygen atoms in total. The molecule has 0 aromatic heterocycles. The van der Waals surface area contributed by atoms with Crippen LogP contribution < -0.4 is 14.8 Å². The lowest BCUT2D eigenvalue weighted by Crippen LogP contribution is -2.30. The summed E-state index contributed by atoms with van der Waals surface area (Å²) in [5, 5.41) is 2.60. The molecule has 0 atom stereocenters. The Labute approximate surface area is 202 Å². The van der Waals surface area contributed by atoms with Crippen LogP contribution in [0.15, 0.2) is 54.8 Å². The summed E-state index contributed by atoms with van der Waals surface area (Å²) < 4.78 is 13.8. The zero-order valence-corrected chi connectivity index (χ0v) is 20.6. The van der Waals surface area contributed by atoms with Crippen LogP contribution in [0.1, 0.15) is 18.1 Å². The van der Waals surface area contributed by atoms with E-state index in [2.05, 4.69) is 57.1 Å². The van der Waals surface area contributed by atoms with Gasteiger partial charge in [0.15, 0.2) is 11.5 Å². The zero-order valence-electron chi connectivity index (χ0n) is 16.3. The molecule has 1 aliphatic heterocycles. The molecule has 30 heavy (non-hydrogen) atoms. The summed E-state index contributed by atoms with van der Waals surface area (Å²) in [6.45, 7) is 6.52. The van der Waals surface area contributed by atoms with E-state index in [4.69, 9.17) is 9.47 Å². The molecule has 2 aromatic rings. The number of hydrogen-bond donors (Lipinski definition) is 1. The predicted molar refractivity (Wildman–Crippen MR) is 132 cm³/mol. The van der Waals surface area contributed by atoms with E-state index in [1.165, 1.54) is 9.65 Å². The molecule has 2 aromatic carbocycles. The summed E-state index contributed by atoms with van der Waals surface area (Å²) in [5.74, 6) is 0.849. The number of benzene rings is 2. The molecule has 8 heteroatoms. The normalized spacial score (nSPS) is 14.8. The molecule has 0 spiro atoms. The monoisotopic (exact) mass is 630 g/mol. The maximum Gasteiger partial charge on any atom is 0.329 e. The fourth-order valence-corrected chi connectivity index (χ4v) is 3.98. The van der Waals surface area contributed by atoms with Crippen molar-refractivity contribution >= 4 is 63.2 Å². The van der Waals surface area contributed by atoms with E-state index in [1.54, 1.807) is 12.1 Å². The first-order valence-electron chi connectivity index (χ1n) is 9.22. The lowest BCUT2D eigenvalue weighted by Gasteiger charge is -2.15. The van der Waals surface area contributed by atoms with E-state index in [0.29, 0.717) is 24.7 Å². The lowest BCUT2D eigenvalue weighted by molar-refractivity contribution is -0.122. The first-order valence-corrected chi connectivity index (χ1v) is 11.4. The van der Waals surface area contributed by atoms with Gasteiger partial charge in [0.2, 0.25) is 0 Å². The summed E-state index contributed by atoms with van der Waals surface area (Å²) in [6, 6.07) is 11.3. The van der Waals surface area contributed by atoms with Gasteiger partial charge in [0.25, 0.3) is 5.91 Å². The van der Waals surface area contributed by atoms with Crippen LogP contribution >= 0.6 is 45.2 Å². The molecule has 0 unspecified atom stereocenters. The molecule has 0 saturated carbocycles. The number of nitrogens with one attached hydrogen (secondary N) is 1. The number of ether oxygens (including phenoxy) is 2. The Balaban J connectivity index is 1.85. The molecule has 0 bridgehead atoms. The minimum atomic E-state index is -0.455. The second-order valence-corrected chi connectivity index (χ2v) is 8.78. The topological polar surface area (TPSA) is 67.9 Å². The number of amides is 3. The van der Waals surface area contributed by atoms with E-state index < -0.39 is 6.03 Å². The van der Waals surface area contributed by atoms with Crippen LogP contribution in [0.4, 0.5) is 4.79 Å². The van der Waals surface area contributed by atoms with Crippen molar-refractivity contribution in [3.8, 4) is 11.5 Å². The van der Waals surface area contributed by atoms with E-state index in [-0.39, 0.29) is 18.1 Å². The standard InChI is InChI=1S/C22H20I2N2O4/c1-3-9-26-21(27)18(25-22(26)28)11-15-10-17(24)20(19(12-15)29-4-2)30-13-14-5-7-16(23)8-6-14/h3,5-8,10-12H,1,4,9,13H2,2H3,(H,25,28)/b18-11+. The molecular formula is C22H20I2N2O4. The van der Waals surface area contributed by atoms with Crippen molar-refractivity contribution in [1.82, 2.24) is 10.2 Å². The van der Waals surface area contributed by atoms with Gasteiger partial charge in [-0.05, 0) is 93.6 Å². The number of carbonyl (C=O) groups excluding carboxylic acids is 2. The maximum absolute atomic E-state index is 12.4. The molecule has 1 heterocycles. The highest BCUT2D eigenvalue weighted by Gasteiger charge is 2.32. The van der Waals surface area contributed by atoms with Crippen molar-refractivity contribution in [2.75, 3.05) is 13.2 Å². The summed E-state index contributed by atoms with van der Waals surface area (Å²) in [7, 11) is 0. The summed E-state index contributed by atoms with van der Waals surface area (Å²) in [4.78, 5) is 25.5. The van der Waals surface area contributed by atoms with Crippen molar-refractivity contribution in [3.05, 3.63) is 73.0 Å². The van der Waals surface area contributed by atoms with Gasteiger partial charge in [-0.15, -0.1) is 6.58 Å². The molecular weight excluding hydrogens is 610 g/mol. The van der Waals surface area contributed by atoms with Gasteiger partial charge in [-0.3, -0.25) is 9.69 Å². The molecule has 3 amide bonds. The molecule has 0 aliphatic carbocycles. The number of halogens is 2. The van der Waals surface area contributed by atoms with Gasteiger partial charge in [-0.25, -0.2) is 4.79 Å². The van der Waals surface area contributed by atoms with Gasteiger partial charge in [-0.2, -0.15) is 0 Å². The Morgan fingerprint density at radius 2 is 1.87 bits per heavy atom. The lowest BCUT2D eigenvalue weighted by atomic mass is 10.1. The number of nitrogens with zero attached hydrogens (tertiary/aromatic N) is 1. The van der Waals surface area contributed by atoms with Crippen LogP contribution in [-0.4, -0.2) is 30.0 Å². The predicted octanol–water partition coefficient (Wildman–Crippen LogP) is 4.95. The quantitative estimate of drug-likeness (QED) is 0.194. The molecule has 1 aliphatic rings. The fourth-order valence-electron chi connectivity index (χ4n) is 2.84. The van der Waals surface area contributed by atoms with Crippen LogP contribution in [0.2, 0.25) is 0 Å². The van der Waals surface area contributed by atoms with Gasteiger partial charge in [-0.1, -0.05) is 18.2 Å². The first kappa shape index (κ1) is 22.6. The fraction of sp³-hybridized carbons (Fsp3) is 0.182. The van der Waals surface area contributed by atoms with E-state index in [1.807, 2.05) is 37.3 Å². The third-order valence-electron chi connectivity index (χ3n) is 4.21. The summed E-state index contributed by atoms with van der Waals surface area (Å²) >= 11 is 4.45. The first-order chi connectivity index (χ1) is 14.4. The Kier molecular flexibility index (Phi) is 7.75. The van der Waals surface area contributed by atoms with Crippen molar-refractivity contribution in [3.63, 3.8) is 0 Å². The highest BCUT2D eigenvalue weighted by molar-refractivity contribution is 14.1. The number of carbonyl (C=O) groups is 2. The van der Waals surface area contributed by atoms with Crippen LogP contribution in [0.3, 0.4) is 0 Å². The maximum atomic E-state index is 12.4. The van der Waals surface area contributed by atoms with Gasteiger partial charge < -0.3 is 14.8 Å². The molecule has 3 rings (SSSR count). The van der Waals surface area contributed by atoms with E-state index in [0.717, 1.165) is 19.6 Å². The van der Waals surface area contributed by atoms with Gasteiger partial charge >= 0.3 is 6.03 Å². The van der Waals surface area contributed by atoms with Crippen molar-refractivity contribution in [2.24, 2.45) is 0 Å². The van der Waals surface area contributed by atoms with Gasteiger partial charge in [0, 0.05) is 10.1 Å². The molecule has 0 radical (unpaired) electrons. The minimum Gasteiger partial charge on any atom is -0.490 e. The number of imide groups is 1. The van der Waals surface area contributed by atoms with Gasteiger partial charge in [0.05, 0.1) is 10.2 Å². The highest BCUT2D eigenvalue weighted by Crippen LogP contribution is 2.35. The number of rotatable bonds is 8. The Bertz CT molecular complexity index is 1000. The number of urea groups is 1. The van der Waals surface area contributed by atoms with Crippen LogP contribution in [0.5, 0.6) is 11.5 Å². The Hall–Kier alpha value is -2.08. The third-order valence-corrected chi connectivity index (χ3v) is 5.73. The second-order valence-electron chi connectivity index (χ2n) is 6.37. The van der Waals surface area contributed by atoms with Crippen molar-refractivity contribution < 1.29 is 19.1 Å². The van der Waals surface area contributed by atoms with Crippen LogP contribution in [0.25, 0.3) is 6.08 Å².